The quantitative estimate of drug-likeness (QED) is 0.829. The Morgan fingerprint density at radius 3 is 2.88 bits per heavy atom. The van der Waals surface area contributed by atoms with Crippen LogP contribution in [0.1, 0.15) is 18.9 Å². The molecule has 2 rings (SSSR count). The molecule has 1 aromatic carbocycles. The van der Waals surface area contributed by atoms with Gasteiger partial charge in [-0.15, -0.1) is 0 Å². The van der Waals surface area contributed by atoms with Gasteiger partial charge in [-0.2, -0.15) is 0 Å². The van der Waals surface area contributed by atoms with E-state index in [4.69, 9.17) is 21.1 Å². The van der Waals surface area contributed by atoms with Gasteiger partial charge in [0.1, 0.15) is 11.9 Å². The molecule has 3 nitrogen and oxygen atoms in total. The molecular weight excluding hydrogens is 240 g/mol. The van der Waals surface area contributed by atoms with Crippen molar-refractivity contribution in [2.45, 2.75) is 32.5 Å². The van der Waals surface area contributed by atoms with Crippen LogP contribution in [0.3, 0.4) is 0 Å². The highest BCUT2D eigenvalue weighted by molar-refractivity contribution is 6.32. The van der Waals surface area contributed by atoms with Gasteiger partial charge in [0.25, 0.3) is 0 Å². The fourth-order valence-electron chi connectivity index (χ4n) is 1.82. The average molecular weight is 255 g/mol. The van der Waals surface area contributed by atoms with Crippen molar-refractivity contribution in [2.24, 2.45) is 0 Å². The molecule has 0 amide bonds. The molecule has 0 heterocycles. The highest BCUT2D eigenvalue weighted by Crippen LogP contribution is 2.31. The Hall–Kier alpha value is -1.06. The molecule has 0 bridgehead atoms. The third kappa shape index (κ3) is 2.61. The zero-order valence-corrected chi connectivity index (χ0v) is 10.7. The Balaban J connectivity index is 2.06. The van der Waals surface area contributed by atoms with E-state index in [-0.39, 0.29) is 11.9 Å². The number of aryl methyl sites for hydroxylation is 1. The lowest BCUT2D eigenvalue weighted by Crippen LogP contribution is -2.52. The van der Waals surface area contributed by atoms with Crippen LogP contribution >= 0.6 is 11.6 Å². The van der Waals surface area contributed by atoms with Gasteiger partial charge in [0.15, 0.2) is 11.9 Å². The highest BCUT2D eigenvalue weighted by Gasteiger charge is 2.42. The van der Waals surface area contributed by atoms with Crippen molar-refractivity contribution in [1.29, 1.82) is 0 Å². The summed E-state index contributed by atoms with van der Waals surface area (Å²) in [6.45, 7) is 4.34. The van der Waals surface area contributed by atoms with Crippen molar-refractivity contribution in [3.63, 3.8) is 0 Å². The summed E-state index contributed by atoms with van der Waals surface area (Å²) in [7, 11) is 0. The predicted octanol–water partition coefficient (Wildman–Crippen LogP) is 2.77. The third-order valence-corrected chi connectivity index (χ3v) is 3.08. The van der Waals surface area contributed by atoms with Crippen molar-refractivity contribution in [2.75, 3.05) is 6.61 Å². The number of Topliss-reactive ketones (excluding diaryl/α,β-unsaturated/α-hetero) is 1. The summed E-state index contributed by atoms with van der Waals surface area (Å²) in [5, 5.41) is 0.560. The van der Waals surface area contributed by atoms with E-state index in [1.807, 2.05) is 26.0 Å². The van der Waals surface area contributed by atoms with Gasteiger partial charge in [-0.25, -0.2) is 0 Å². The first-order valence-corrected chi connectivity index (χ1v) is 6.06. The van der Waals surface area contributed by atoms with Gasteiger partial charge < -0.3 is 9.47 Å². The highest BCUT2D eigenvalue weighted by atomic mass is 35.5. The summed E-state index contributed by atoms with van der Waals surface area (Å²) >= 11 is 6.03. The first kappa shape index (κ1) is 12.4. The molecule has 4 heteroatoms. The summed E-state index contributed by atoms with van der Waals surface area (Å²) in [4.78, 5) is 11.3. The largest absolute Gasteiger partial charge is 0.485 e. The van der Waals surface area contributed by atoms with E-state index >= 15 is 0 Å². The van der Waals surface area contributed by atoms with Crippen LogP contribution in [0.15, 0.2) is 18.2 Å². The fourth-order valence-corrected chi connectivity index (χ4v) is 1.98. The molecule has 1 aliphatic carbocycles. The van der Waals surface area contributed by atoms with Gasteiger partial charge in [-0.1, -0.05) is 17.7 Å². The van der Waals surface area contributed by atoms with E-state index in [1.165, 1.54) is 0 Å². The zero-order valence-electron chi connectivity index (χ0n) is 9.90. The van der Waals surface area contributed by atoms with Gasteiger partial charge in [-0.05, 0) is 31.5 Å². The van der Waals surface area contributed by atoms with Gasteiger partial charge in [0.2, 0.25) is 0 Å². The van der Waals surface area contributed by atoms with Crippen LogP contribution < -0.4 is 4.74 Å². The second kappa shape index (κ2) is 5.07. The first-order chi connectivity index (χ1) is 8.11. The van der Waals surface area contributed by atoms with Crippen LogP contribution in [0.25, 0.3) is 0 Å². The second-order valence-electron chi connectivity index (χ2n) is 4.14. The van der Waals surface area contributed by atoms with Crippen LogP contribution in [-0.2, 0) is 9.53 Å². The number of benzene rings is 1. The molecular formula is C13H15ClO3. The SMILES string of the molecule is CCOC1C(=O)CC1Oc1cc(C)ccc1Cl. The Bertz CT molecular complexity index is 431. The number of hydrogen-bond acceptors (Lipinski definition) is 3. The average Bonchev–Trinajstić information content (AvgIpc) is 2.30. The van der Waals surface area contributed by atoms with Crippen molar-refractivity contribution >= 4 is 17.4 Å². The van der Waals surface area contributed by atoms with E-state index in [1.54, 1.807) is 6.07 Å². The lowest BCUT2D eigenvalue weighted by atomic mass is 9.90. The maximum absolute atomic E-state index is 11.3. The van der Waals surface area contributed by atoms with Crippen molar-refractivity contribution in [3.05, 3.63) is 28.8 Å². The number of carbonyl (C=O) groups is 1. The normalized spacial score (nSPS) is 23.4. The predicted molar refractivity (Wildman–Crippen MR) is 65.6 cm³/mol. The molecule has 0 aromatic heterocycles. The van der Waals surface area contributed by atoms with Crippen molar-refractivity contribution in [3.8, 4) is 5.75 Å². The maximum atomic E-state index is 11.3. The molecule has 2 atom stereocenters. The molecule has 0 N–H and O–H groups in total. The van der Waals surface area contributed by atoms with Gasteiger partial charge >= 0.3 is 0 Å². The van der Waals surface area contributed by atoms with Gasteiger partial charge in [0.05, 0.1) is 5.02 Å². The van der Waals surface area contributed by atoms with E-state index in [2.05, 4.69) is 0 Å². The summed E-state index contributed by atoms with van der Waals surface area (Å²) in [6, 6.07) is 5.58. The minimum Gasteiger partial charge on any atom is -0.485 e. The topological polar surface area (TPSA) is 35.5 Å². The van der Waals surface area contributed by atoms with Crippen molar-refractivity contribution in [1.82, 2.24) is 0 Å². The van der Waals surface area contributed by atoms with E-state index in [0.29, 0.717) is 23.8 Å². The molecule has 92 valence electrons. The standard InChI is InChI=1S/C13H15ClO3/c1-3-16-13-10(15)7-12(13)17-11-6-8(2)4-5-9(11)14/h4-6,12-13H,3,7H2,1-2H3. The number of rotatable bonds is 4. The molecule has 1 saturated carbocycles. The van der Waals surface area contributed by atoms with E-state index in [0.717, 1.165) is 5.56 Å². The number of ether oxygens (including phenoxy) is 2. The van der Waals surface area contributed by atoms with Crippen LogP contribution in [-0.4, -0.2) is 24.6 Å². The van der Waals surface area contributed by atoms with Crippen LogP contribution in [0, 0.1) is 6.92 Å². The number of halogens is 1. The number of hydrogen-bond donors (Lipinski definition) is 0. The molecule has 0 radical (unpaired) electrons. The maximum Gasteiger partial charge on any atom is 0.169 e. The molecule has 0 saturated heterocycles. The van der Waals surface area contributed by atoms with E-state index < -0.39 is 6.10 Å². The van der Waals surface area contributed by atoms with Crippen LogP contribution in [0.4, 0.5) is 0 Å². The zero-order chi connectivity index (χ0) is 12.4. The molecule has 17 heavy (non-hydrogen) atoms. The third-order valence-electron chi connectivity index (χ3n) is 2.77. The Labute approximate surface area is 106 Å². The number of ketones is 1. The van der Waals surface area contributed by atoms with Crippen LogP contribution in [0.5, 0.6) is 5.75 Å². The molecule has 1 aliphatic rings. The first-order valence-electron chi connectivity index (χ1n) is 5.69. The number of carbonyl (C=O) groups excluding carboxylic acids is 1. The molecule has 1 aromatic rings. The lowest BCUT2D eigenvalue weighted by molar-refractivity contribution is -0.154. The minimum absolute atomic E-state index is 0.0978. The Morgan fingerprint density at radius 2 is 2.24 bits per heavy atom. The molecule has 2 unspecified atom stereocenters. The lowest BCUT2D eigenvalue weighted by Gasteiger charge is -2.34. The summed E-state index contributed by atoms with van der Waals surface area (Å²) in [5.41, 5.74) is 1.07. The molecule has 0 aliphatic heterocycles. The fraction of sp³-hybridized carbons (Fsp3) is 0.462. The monoisotopic (exact) mass is 254 g/mol. The Kier molecular flexibility index (Phi) is 3.69. The van der Waals surface area contributed by atoms with E-state index in [9.17, 15) is 4.79 Å². The molecule has 0 spiro atoms. The van der Waals surface area contributed by atoms with Gasteiger partial charge in [0, 0.05) is 13.0 Å². The summed E-state index contributed by atoms with van der Waals surface area (Å²) in [6.07, 6.45) is -0.243. The smallest absolute Gasteiger partial charge is 0.169 e. The second-order valence-corrected chi connectivity index (χ2v) is 4.54. The van der Waals surface area contributed by atoms with Crippen LogP contribution in [0.2, 0.25) is 5.02 Å². The summed E-state index contributed by atoms with van der Waals surface area (Å²) in [5.74, 6) is 0.717. The van der Waals surface area contributed by atoms with Gasteiger partial charge in [-0.3, -0.25) is 4.79 Å². The summed E-state index contributed by atoms with van der Waals surface area (Å²) < 4.78 is 11.0. The Morgan fingerprint density at radius 1 is 1.47 bits per heavy atom. The van der Waals surface area contributed by atoms with Crippen molar-refractivity contribution < 1.29 is 14.3 Å². The molecule has 1 fully saturated rings. The minimum atomic E-state index is -0.434.